The molecule has 2 aliphatic rings. The van der Waals surface area contributed by atoms with Crippen LogP contribution in [0.5, 0.6) is 0 Å². The zero-order chi connectivity index (χ0) is 28.9. The number of hydrogen-bond acceptors (Lipinski definition) is 5. The average molecular weight is 579 g/mol. The molecule has 2 aliphatic heterocycles. The predicted octanol–water partition coefficient (Wildman–Crippen LogP) is 8.55. The number of para-hydroxylation sites is 1. The summed E-state index contributed by atoms with van der Waals surface area (Å²) in [6.45, 7) is 10.4. The first-order chi connectivity index (χ1) is 20.2. The van der Waals surface area contributed by atoms with Crippen LogP contribution in [0.3, 0.4) is 0 Å². The molecule has 222 valence electrons. The molecule has 3 heterocycles. The molecule has 3 aromatic rings. The minimum absolute atomic E-state index is 0.00831. The van der Waals surface area contributed by atoms with Crippen molar-refractivity contribution in [2.24, 2.45) is 5.92 Å². The van der Waals surface area contributed by atoms with Crippen LogP contribution in [0.2, 0.25) is 5.02 Å². The van der Waals surface area contributed by atoms with E-state index in [0.29, 0.717) is 16.5 Å². The lowest BCUT2D eigenvalue weighted by Gasteiger charge is -2.37. The summed E-state index contributed by atoms with van der Waals surface area (Å²) >= 11 is 6.20. The first kappa shape index (κ1) is 31.2. The highest BCUT2D eigenvalue weighted by Crippen LogP contribution is 2.35. The number of nitriles is 1. The summed E-state index contributed by atoms with van der Waals surface area (Å²) in [5.74, 6) is 0.531. The Kier molecular flexibility index (Phi) is 12.7. The van der Waals surface area contributed by atoms with Crippen molar-refractivity contribution >= 4 is 33.9 Å². The van der Waals surface area contributed by atoms with Crippen LogP contribution in [-0.4, -0.2) is 50.7 Å². The Hall–Kier alpha value is -2.72. The Morgan fingerprint density at radius 2 is 1.56 bits per heavy atom. The van der Waals surface area contributed by atoms with Crippen molar-refractivity contribution in [3.8, 4) is 6.07 Å². The molecule has 1 aromatic heterocycles. The highest BCUT2D eigenvalue weighted by Gasteiger charge is 2.28. The number of fused-ring (bicyclic) bond motifs is 1. The lowest BCUT2D eigenvalue weighted by molar-refractivity contribution is -0.177. The number of anilines is 2. The monoisotopic (exact) mass is 578 g/mol. The van der Waals surface area contributed by atoms with Gasteiger partial charge in [0, 0.05) is 62.6 Å². The molecular formula is C34H47ClN4O2. The number of hydrogen-bond donors (Lipinski definition) is 1. The average Bonchev–Trinajstić information content (AvgIpc) is 3.47. The molecular weight excluding hydrogens is 532 g/mol. The number of halogens is 1. The zero-order valence-corrected chi connectivity index (χ0v) is 25.7. The number of benzene rings is 2. The lowest BCUT2D eigenvalue weighted by atomic mass is 9.95. The van der Waals surface area contributed by atoms with Crippen LogP contribution in [0, 0.1) is 17.2 Å². The fourth-order valence-electron chi connectivity index (χ4n) is 5.76. The molecule has 6 nitrogen and oxygen atoms in total. The maximum Gasteiger partial charge on any atom is 0.160 e. The summed E-state index contributed by atoms with van der Waals surface area (Å²) in [7, 11) is 0. The number of unbranched alkanes of at least 4 members (excludes halogenated alkanes) is 2. The fraction of sp³-hybridized carbons (Fsp3) is 0.559. The van der Waals surface area contributed by atoms with Crippen LogP contribution in [0.25, 0.3) is 10.9 Å². The maximum atomic E-state index is 9.11. The Labute approximate surface area is 251 Å². The van der Waals surface area contributed by atoms with Gasteiger partial charge in [-0.15, -0.1) is 0 Å². The molecule has 7 heteroatoms. The number of nitrogens with one attached hydrogen (secondary N) is 1. The van der Waals surface area contributed by atoms with Gasteiger partial charge < -0.3 is 24.3 Å². The first-order valence-electron chi connectivity index (χ1n) is 15.6. The van der Waals surface area contributed by atoms with Gasteiger partial charge in [-0.3, -0.25) is 0 Å². The van der Waals surface area contributed by atoms with E-state index in [0.717, 1.165) is 81.7 Å². The zero-order valence-electron chi connectivity index (χ0n) is 24.9. The van der Waals surface area contributed by atoms with Gasteiger partial charge >= 0.3 is 0 Å². The molecule has 0 radical (unpaired) electrons. The molecule has 0 spiro atoms. The molecule has 41 heavy (non-hydrogen) atoms. The molecule has 2 saturated heterocycles. The van der Waals surface area contributed by atoms with Crippen molar-refractivity contribution < 1.29 is 9.47 Å². The van der Waals surface area contributed by atoms with Crippen LogP contribution >= 0.6 is 11.6 Å². The van der Waals surface area contributed by atoms with E-state index in [1.54, 1.807) is 6.20 Å². The summed E-state index contributed by atoms with van der Waals surface area (Å²) in [5, 5.41) is 10.6. The second kappa shape index (κ2) is 16.7. The van der Waals surface area contributed by atoms with E-state index in [2.05, 4.69) is 65.0 Å². The number of aromatic nitrogens is 1. The van der Waals surface area contributed by atoms with Crippen molar-refractivity contribution in [2.75, 3.05) is 49.2 Å². The standard InChI is InChI=1S/C20H33NO2.C14H14ClN3/c1-3-5-16-22-20(23-17-6-4-2)18-12-14-21(15-13-18)19-10-8-7-9-11-19;15-11-4-5-12(18-6-2-1-3-7-18)14-13(11)10(8-16)9-17-14/h7-11,18,20H,3-6,12-17H2,1-2H3;4-5,9,17H,1-3,6-7H2. The number of rotatable bonds is 11. The molecule has 0 bridgehead atoms. The Morgan fingerprint density at radius 1 is 0.902 bits per heavy atom. The van der Waals surface area contributed by atoms with Crippen molar-refractivity contribution in [3.63, 3.8) is 0 Å². The summed E-state index contributed by atoms with van der Waals surface area (Å²) < 4.78 is 12.1. The third-order valence-electron chi connectivity index (χ3n) is 8.19. The third kappa shape index (κ3) is 8.64. The quantitative estimate of drug-likeness (QED) is 0.182. The van der Waals surface area contributed by atoms with Crippen molar-refractivity contribution in [1.82, 2.24) is 4.98 Å². The summed E-state index contributed by atoms with van der Waals surface area (Å²) in [6, 6.07) is 16.8. The number of ether oxygens (including phenoxy) is 2. The summed E-state index contributed by atoms with van der Waals surface area (Å²) in [4.78, 5) is 8.05. The van der Waals surface area contributed by atoms with Gasteiger partial charge in [-0.05, 0) is 69.2 Å². The number of nitrogens with zero attached hydrogens (tertiary/aromatic N) is 3. The Bertz CT molecular complexity index is 1200. The molecule has 5 rings (SSSR count). The molecule has 0 saturated carbocycles. The van der Waals surface area contributed by atoms with Gasteiger partial charge in [0.25, 0.3) is 0 Å². The largest absolute Gasteiger partial charge is 0.372 e. The summed E-state index contributed by atoms with van der Waals surface area (Å²) in [6.07, 6.45) is 12.4. The van der Waals surface area contributed by atoms with Crippen LogP contribution in [0.1, 0.15) is 77.2 Å². The van der Waals surface area contributed by atoms with Crippen LogP contribution in [0.15, 0.2) is 48.7 Å². The van der Waals surface area contributed by atoms with E-state index < -0.39 is 0 Å². The van der Waals surface area contributed by atoms with E-state index in [1.165, 1.54) is 37.8 Å². The van der Waals surface area contributed by atoms with Crippen molar-refractivity contribution in [2.45, 2.75) is 77.9 Å². The van der Waals surface area contributed by atoms with Gasteiger partial charge in [0.2, 0.25) is 0 Å². The summed E-state index contributed by atoms with van der Waals surface area (Å²) in [5.41, 5.74) is 4.10. The topological polar surface area (TPSA) is 64.5 Å². The maximum absolute atomic E-state index is 9.11. The smallest absolute Gasteiger partial charge is 0.160 e. The predicted molar refractivity (Wildman–Crippen MR) is 171 cm³/mol. The van der Waals surface area contributed by atoms with Crippen LogP contribution in [-0.2, 0) is 9.47 Å². The molecule has 1 N–H and O–H groups in total. The van der Waals surface area contributed by atoms with E-state index >= 15 is 0 Å². The molecule has 2 aromatic carbocycles. The SMILES string of the molecule is CCCCOC(OCCCC)C1CCN(c2ccccc2)CC1.N#Cc1c[nH]c2c(N3CCCCC3)ccc(Cl)c12. The number of aromatic amines is 1. The third-order valence-corrected chi connectivity index (χ3v) is 8.50. The second-order valence-electron chi connectivity index (χ2n) is 11.2. The van der Waals surface area contributed by atoms with Crippen molar-refractivity contribution in [3.05, 3.63) is 59.2 Å². The van der Waals surface area contributed by atoms with Gasteiger partial charge in [-0.1, -0.05) is 56.5 Å². The van der Waals surface area contributed by atoms with E-state index in [9.17, 15) is 0 Å². The van der Waals surface area contributed by atoms with E-state index in [-0.39, 0.29) is 6.29 Å². The first-order valence-corrected chi connectivity index (χ1v) is 16.0. The molecule has 0 aliphatic carbocycles. The van der Waals surface area contributed by atoms with Gasteiger partial charge in [0.05, 0.1) is 21.8 Å². The molecule has 0 atom stereocenters. The minimum Gasteiger partial charge on any atom is -0.372 e. The van der Waals surface area contributed by atoms with Gasteiger partial charge in [-0.25, -0.2) is 0 Å². The Balaban J connectivity index is 0.000000194. The second-order valence-corrected chi connectivity index (χ2v) is 11.6. The van der Waals surface area contributed by atoms with E-state index in [1.807, 2.05) is 12.1 Å². The molecule has 0 unspecified atom stereocenters. The van der Waals surface area contributed by atoms with Gasteiger partial charge in [0.15, 0.2) is 6.29 Å². The molecule has 0 amide bonds. The molecule has 2 fully saturated rings. The fourth-order valence-corrected chi connectivity index (χ4v) is 6.01. The van der Waals surface area contributed by atoms with Crippen molar-refractivity contribution in [1.29, 1.82) is 5.26 Å². The minimum atomic E-state index is -0.00831. The van der Waals surface area contributed by atoms with Gasteiger partial charge in [-0.2, -0.15) is 5.26 Å². The lowest BCUT2D eigenvalue weighted by Crippen LogP contribution is -2.40. The highest BCUT2D eigenvalue weighted by atomic mass is 35.5. The highest BCUT2D eigenvalue weighted by molar-refractivity contribution is 6.36. The Morgan fingerprint density at radius 3 is 2.17 bits per heavy atom. The van der Waals surface area contributed by atoms with Crippen LogP contribution in [0.4, 0.5) is 11.4 Å². The van der Waals surface area contributed by atoms with E-state index in [4.69, 9.17) is 26.3 Å². The number of piperidine rings is 2. The van der Waals surface area contributed by atoms with Gasteiger partial charge in [0.1, 0.15) is 6.07 Å². The van der Waals surface area contributed by atoms with Crippen LogP contribution < -0.4 is 9.80 Å². The normalized spacial score (nSPS) is 16.1. The number of H-pyrrole nitrogens is 1.